The number of hydrogen-bond acceptors (Lipinski definition) is 5. The first-order valence-corrected chi connectivity index (χ1v) is 8.22. The third-order valence-corrected chi connectivity index (χ3v) is 5.06. The molecule has 108 valence electrons. The summed E-state index contributed by atoms with van der Waals surface area (Å²) in [5, 5.41) is 1.01. The molecule has 0 bridgehead atoms. The molecule has 0 aliphatic carbocycles. The molecular formula is C14H19N2O3P. The van der Waals surface area contributed by atoms with E-state index in [0.717, 1.165) is 10.9 Å². The number of nitrogens with two attached hydrogens (primary N) is 1. The van der Waals surface area contributed by atoms with Gasteiger partial charge in [-0.15, -0.1) is 0 Å². The van der Waals surface area contributed by atoms with Gasteiger partial charge in [0.25, 0.3) is 0 Å². The molecule has 1 atom stereocenters. The lowest BCUT2D eigenvalue weighted by molar-refractivity contribution is 0.212. The molecule has 0 fully saturated rings. The van der Waals surface area contributed by atoms with Crippen LogP contribution in [0.3, 0.4) is 0 Å². The molecule has 0 amide bonds. The predicted octanol–water partition coefficient (Wildman–Crippen LogP) is 3.46. The third kappa shape index (κ3) is 3.07. The molecule has 2 N–H and O–H groups in total. The first kappa shape index (κ1) is 15.1. The summed E-state index contributed by atoms with van der Waals surface area (Å²) < 4.78 is 23.2. The van der Waals surface area contributed by atoms with E-state index >= 15 is 0 Å². The van der Waals surface area contributed by atoms with E-state index in [2.05, 4.69) is 4.98 Å². The van der Waals surface area contributed by atoms with E-state index in [1.54, 1.807) is 19.9 Å². The van der Waals surface area contributed by atoms with Crippen LogP contribution >= 0.6 is 7.60 Å². The predicted molar refractivity (Wildman–Crippen MR) is 79.5 cm³/mol. The fourth-order valence-corrected chi connectivity index (χ4v) is 3.55. The molecule has 0 aliphatic rings. The second-order valence-corrected chi connectivity index (χ2v) is 6.40. The second-order valence-electron chi connectivity index (χ2n) is 4.25. The lowest BCUT2D eigenvalue weighted by atomic mass is 10.2. The lowest BCUT2D eigenvalue weighted by Gasteiger charge is -2.22. The van der Waals surface area contributed by atoms with Crippen LogP contribution in [0.4, 0.5) is 0 Å². The van der Waals surface area contributed by atoms with E-state index in [-0.39, 0.29) is 13.2 Å². The Morgan fingerprint density at radius 3 is 2.45 bits per heavy atom. The molecule has 1 heterocycles. The highest BCUT2D eigenvalue weighted by Gasteiger charge is 2.34. The molecule has 0 unspecified atom stereocenters. The summed E-state index contributed by atoms with van der Waals surface area (Å²) >= 11 is 0. The summed E-state index contributed by atoms with van der Waals surface area (Å²) in [6.07, 6.45) is 0. The summed E-state index contributed by atoms with van der Waals surface area (Å²) in [4.78, 5) is 4.45. The van der Waals surface area contributed by atoms with Crippen LogP contribution in [0, 0.1) is 0 Å². The maximum atomic E-state index is 12.6. The van der Waals surface area contributed by atoms with Crippen molar-refractivity contribution in [2.24, 2.45) is 5.73 Å². The summed E-state index contributed by atoms with van der Waals surface area (Å²) in [7, 11) is -3.40. The molecule has 6 heteroatoms. The van der Waals surface area contributed by atoms with Crippen molar-refractivity contribution in [1.29, 1.82) is 0 Å². The van der Waals surface area contributed by atoms with Crippen molar-refractivity contribution >= 4 is 18.5 Å². The zero-order valence-corrected chi connectivity index (χ0v) is 12.5. The van der Waals surface area contributed by atoms with Crippen LogP contribution < -0.4 is 5.73 Å². The van der Waals surface area contributed by atoms with Gasteiger partial charge in [-0.25, -0.2) is 0 Å². The van der Waals surface area contributed by atoms with Gasteiger partial charge in [-0.05, 0) is 26.0 Å². The van der Waals surface area contributed by atoms with Gasteiger partial charge in [-0.3, -0.25) is 9.55 Å². The second kappa shape index (κ2) is 6.46. The minimum Gasteiger partial charge on any atom is -0.313 e. The lowest BCUT2D eigenvalue weighted by Crippen LogP contribution is -2.16. The zero-order chi connectivity index (χ0) is 14.6. The molecule has 0 saturated carbocycles. The Balaban J connectivity index is 2.38. The Hall–Kier alpha value is -1.26. The Kier molecular flexibility index (Phi) is 4.89. The van der Waals surface area contributed by atoms with Crippen LogP contribution in [0.2, 0.25) is 0 Å². The van der Waals surface area contributed by atoms with Crippen LogP contribution in [0.25, 0.3) is 10.9 Å². The SMILES string of the molecule is CCOP(=O)(OCC)[C@@H](N)c1ccc2ccccc2n1. The van der Waals surface area contributed by atoms with Crippen LogP contribution in [0.5, 0.6) is 0 Å². The highest BCUT2D eigenvalue weighted by atomic mass is 31.2. The molecule has 0 radical (unpaired) electrons. The standard InChI is InChI=1S/C14H19N2O3P/c1-3-18-20(17,19-4-2)14(15)13-10-9-11-7-5-6-8-12(11)16-13/h5-10,14H,3-4,15H2,1-2H3/t14-/m1/s1. The largest absolute Gasteiger partial charge is 0.353 e. The van der Waals surface area contributed by atoms with E-state index in [0.29, 0.717) is 5.69 Å². The number of rotatable bonds is 6. The first-order chi connectivity index (χ1) is 9.60. The fourth-order valence-electron chi connectivity index (χ4n) is 1.97. The number of aromatic nitrogens is 1. The summed E-state index contributed by atoms with van der Waals surface area (Å²) in [6, 6.07) is 11.3. The van der Waals surface area contributed by atoms with Crippen molar-refractivity contribution in [3.63, 3.8) is 0 Å². The number of pyridine rings is 1. The number of benzene rings is 1. The van der Waals surface area contributed by atoms with Gasteiger partial charge < -0.3 is 14.8 Å². The van der Waals surface area contributed by atoms with Gasteiger partial charge in [0.05, 0.1) is 24.4 Å². The van der Waals surface area contributed by atoms with Crippen LogP contribution in [0.15, 0.2) is 36.4 Å². The molecule has 5 nitrogen and oxygen atoms in total. The van der Waals surface area contributed by atoms with E-state index < -0.39 is 13.4 Å². The average Bonchev–Trinajstić information content (AvgIpc) is 2.46. The number of para-hydroxylation sites is 1. The fraction of sp³-hybridized carbons (Fsp3) is 0.357. The third-order valence-electron chi connectivity index (χ3n) is 2.88. The van der Waals surface area contributed by atoms with Crippen molar-refractivity contribution in [3.05, 3.63) is 42.1 Å². The van der Waals surface area contributed by atoms with Crippen LogP contribution in [0.1, 0.15) is 25.3 Å². The normalized spacial score (nSPS) is 13.6. The van der Waals surface area contributed by atoms with Gasteiger partial charge in [0.1, 0.15) is 0 Å². The Morgan fingerprint density at radius 2 is 1.80 bits per heavy atom. The summed E-state index contributed by atoms with van der Waals surface area (Å²) in [5.41, 5.74) is 7.37. The first-order valence-electron chi connectivity index (χ1n) is 6.60. The Labute approximate surface area is 118 Å². The summed E-state index contributed by atoms with van der Waals surface area (Å²) in [5.74, 6) is -0.882. The number of hydrogen-bond donors (Lipinski definition) is 1. The van der Waals surface area contributed by atoms with Gasteiger partial charge in [-0.2, -0.15) is 0 Å². The van der Waals surface area contributed by atoms with Crippen molar-refractivity contribution in [2.45, 2.75) is 19.6 Å². The van der Waals surface area contributed by atoms with E-state index in [9.17, 15) is 4.57 Å². The van der Waals surface area contributed by atoms with E-state index in [1.807, 2.05) is 30.3 Å². The van der Waals surface area contributed by atoms with Gasteiger partial charge in [0, 0.05) is 5.39 Å². The monoisotopic (exact) mass is 294 g/mol. The highest BCUT2D eigenvalue weighted by Crippen LogP contribution is 2.57. The quantitative estimate of drug-likeness (QED) is 0.826. The van der Waals surface area contributed by atoms with Crippen LogP contribution in [-0.4, -0.2) is 18.2 Å². The summed E-state index contributed by atoms with van der Waals surface area (Å²) in [6.45, 7) is 4.07. The Bertz CT molecular complexity index is 623. The van der Waals surface area contributed by atoms with Crippen molar-refractivity contribution in [3.8, 4) is 0 Å². The minimum atomic E-state index is -3.40. The molecule has 20 heavy (non-hydrogen) atoms. The average molecular weight is 294 g/mol. The topological polar surface area (TPSA) is 74.4 Å². The van der Waals surface area contributed by atoms with Gasteiger partial charge in [0.2, 0.25) is 0 Å². The van der Waals surface area contributed by atoms with Gasteiger partial charge in [-0.1, -0.05) is 24.3 Å². The molecule has 0 saturated heterocycles. The van der Waals surface area contributed by atoms with Crippen molar-refractivity contribution in [2.75, 3.05) is 13.2 Å². The highest BCUT2D eigenvalue weighted by molar-refractivity contribution is 7.54. The molecule has 2 aromatic rings. The molecule has 0 spiro atoms. The zero-order valence-electron chi connectivity index (χ0n) is 11.7. The van der Waals surface area contributed by atoms with Gasteiger partial charge >= 0.3 is 7.60 Å². The molecule has 1 aromatic heterocycles. The maximum Gasteiger partial charge on any atom is 0.353 e. The minimum absolute atomic E-state index is 0.276. The number of nitrogens with zero attached hydrogens (tertiary/aromatic N) is 1. The van der Waals surface area contributed by atoms with Gasteiger partial charge in [0.15, 0.2) is 5.78 Å². The van der Waals surface area contributed by atoms with Crippen molar-refractivity contribution < 1.29 is 13.6 Å². The Morgan fingerprint density at radius 1 is 1.15 bits per heavy atom. The maximum absolute atomic E-state index is 12.6. The van der Waals surface area contributed by atoms with E-state index in [4.69, 9.17) is 14.8 Å². The molecule has 1 aromatic carbocycles. The molecule has 2 rings (SSSR count). The van der Waals surface area contributed by atoms with E-state index in [1.165, 1.54) is 0 Å². The molecular weight excluding hydrogens is 275 g/mol. The smallest absolute Gasteiger partial charge is 0.313 e. The number of fused-ring (bicyclic) bond motifs is 1. The molecule has 0 aliphatic heterocycles. The van der Waals surface area contributed by atoms with Crippen molar-refractivity contribution in [1.82, 2.24) is 4.98 Å². The van der Waals surface area contributed by atoms with Crippen LogP contribution in [-0.2, 0) is 13.6 Å².